The number of nitrogens with zero attached hydrogens (tertiary/aromatic N) is 1. The normalized spacial score (nSPS) is 17.7. The van der Waals surface area contributed by atoms with Crippen molar-refractivity contribution in [1.29, 1.82) is 5.26 Å². The van der Waals surface area contributed by atoms with E-state index >= 15 is 0 Å². The molecule has 1 aromatic carbocycles. The highest BCUT2D eigenvalue weighted by molar-refractivity contribution is 5.54. The van der Waals surface area contributed by atoms with Gasteiger partial charge >= 0.3 is 0 Å². The molecule has 17 heavy (non-hydrogen) atoms. The molecular weight excluding hydrogens is 216 g/mol. The first-order valence-electron chi connectivity index (χ1n) is 5.71. The van der Waals surface area contributed by atoms with Crippen LogP contribution in [0.2, 0.25) is 0 Å². The van der Waals surface area contributed by atoms with E-state index in [0.717, 1.165) is 25.7 Å². The van der Waals surface area contributed by atoms with Crippen LogP contribution in [-0.2, 0) is 5.54 Å². The number of methoxy groups -OCH3 is 1. The number of benzene rings is 1. The van der Waals surface area contributed by atoms with Crippen LogP contribution >= 0.6 is 0 Å². The van der Waals surface area contributed by atoms with Crippen LogP contribution in [0.3, 0.4) is 0 Å². The molecule has 3 N–H and O–H groups in total. The summed E-state index contributed by atoms with van der Waals surface area (Å²) in [5.41, 5.74) is 6.87. The van der Waals surface area contributed by atoms with E-state index in [-0.39, 0.29) is 5.75 Å². The molecule has 0 aromatic heterocycles. The van der Waals surface area contributed by atoms with E-state index in [1.54, 1.807) is 6.07 Å². The molecule has 1 aromatic rings. The molecule has 0 spiro atoms. The molecule has 0 aliphatic heterocycles. The third kappa shape index (κ3) is 1.94. The molecule has 0 heterocycles. The fourth-order valence-corrected chi connectivity index (χ4v) is 2.48. The summed E-state index contributed by atoms with van der Waals surface area (Å²) in [6, 6.07) is 5.26. The summed E-state index contributed by atoms with van der Waals surface area (Å²) in [5, 5.41) is 19.1. The van der Waals surface area contributed by atoms with Gasteiger partial charge in [0.15, 0.2) is 11.5 Å². The monoisotopic (exact) mass is 232 g/mol. The molecule has 1 fully saturated rings. The van der Waals surface area contributed by atoms with E-state index in [1.807, 2.05) is 0 Å². The highest BCUT2D eigenvalue weighted by atomic mass is 16.5. The first-order valence-corrected chi connectivity index (χ1v) is 5.71. The van der Waals surface area contributed by atoms with E-state index in [9.17, 15) is 5.11 Å². The van der Waals surface area contributed by atoms with Gasteiger partial charge in [-0.2, -0.15) is 5.26 Å². The van der Waals surface area contributed by atoms with Crippen LogP contribution in [0.25, 0.3) is 0 Å². The second-order valence-electron chi connectivity index (χ2n) is 4.55. The van der Waals surface area contributed by atoms with Crippen molar-refractivity contribution in [2.75, 3.05) is 7.11 Å². The Morgan fingerprint density at radius 3 is 2.59 bits per heavy atom. The van der Waals surface area contributed by atoms with E-state index in [2.05, 4.69) is 6.07 Å². The van der Waals surface area contributed by atoms with Crippen molar-refractivity contribution in [3.8, 4) is 17.6 Å². The van der Waals surface area contributed by atoms with Crippen LogP contribution in [0, 0.1) is 11.3 Å². The number of nitrogens with two attached hydrogens (primary N) is 1. The Morgan fingerprint density at radius 1 is 1.41 bits per heavy atom. The van der Waals surface area contributed by atoms with Crippen molar-refractivity contribution >= 4 is 0 Å². The van der Waals surface area contributed by atoms with Crippen LogP contribution < -0.4 is 10.5 Å². The number of aromatic hydroxyl groups is 1. The largest absolute Gasteiger partial charge is 0.504 e. The molecule has 0 unspecified atom stereocenters. The third-order valence-electron chi connectivity index (χ3n) is 3.46. The molecule has 1 aliphatic rings. The first kappa shape index (κ1) is 11.7. The summed E-state index contributed by atoms with van der Waals surface area (Å²) in [5.74, 6) is 0.381. The first-order chi connectivity index (χ1) is 8.10. The number of hydrogen-bond acceptors (Lipinski definition) is 4. The number of phenolic OH excluding ortho intramolecular Hbond substituents is 1. The molecule has 0 radical (unpaired) electrons. The second kappa shape index (κ2) is 4.27. The van der Waals surface area contributed by atoms with Gasteiger partial charge in [0, 0.05) is 17.2 Å². The van der Waals surface area contributed by atoms with Gasteiger partial charge in [0.2, 0.25) is 0 Å². The predicted octanol–water partition coefficient (Wildman–Crippen LogP) is 2.00. The van der Waals surface area contributed by atoms with Crippen molar-refractivity contribution in [1.82, 2.24) is 0 Å². The van der Waals surface area contributed by atoms with Crippen LogP contribution in [0.4, 0.5) is 0 Å². The number of rotatable bonds is 2. The minimum absolute atomic E-state index is 0.0656. The van der Waals surface area contributed by atoms with Gasteiger partial charge in [0.1, 0.15) is 0 Å². The van der Waals surface area contributed by atoms with Gasteiger partial charge in [-0.25, -0.2) is 0 Å². The molecule has 0 bridgehead atoms. The van der Waals surface area contributed by atoms with Crippen molar-refractivity contribution in [2.24, 2.45) is 5.73 Å². The average Bonchev–Trinajstić information content (AvgIpc) is 2.77. The molecule has 4 heteroatoms. The number of ether oxygens (including phenoxy) is 1. The maximum Gasteiger partial charge on any atom is 0.162 e. The lowest BCUT2D eigenvalue weighted by Gasteiger charge is -2.26. The number of phenols is 1. The number of hydrogen-bond donors (Lipinski definition) is 2. The summed E-state index contributed by atoms with van der Waals surface area (Å²) >= 11 is 0. The van der Waals surface area contributed by atoms with E-state index in [0.29, 0.717) is 16.9 Å². The zero-order chi connectivity index (χ0) is 12.5. The number of nitriles is 1. The Hall–Kier alpha value is -1.73. The zero-order valence-electron chi connectivity index (χ0n) is 9.86. The summed E-state index contributed by atoms with van der Waals surface area (Å²) in [4.78, 5) is 0. The maximum absolute atomic E-state index is 10.1. The smallest absolute Gasteiger partial charge is 0.162 e. The summed E-state index contributed by atoms with van der Waals surface area (Å²) in [6.07, 6.45) is 3.77. The standard InChI is InChI=1S/C13H16N2O2/c1-17-11-7-9(8-14)6-10(12(11)16)13(15)4-2-3-5-13/h6-7,16H,2-5,15H2,1H3. The van der Waals surface area contributed by atoms with E-state index in [4.69, 9.17) is 15.7 Å². The third-order valence-corrected chi connectivity index (χ3v) is 3.46. The van der Waals surface area contributed by atoms with Gasteiger partial charge in [0.25, 0.3) is 0 Å². The summed E-state index contributed by atoms with van der Waals surface area (Å²) in [7, 11) is 1.47. The van der Waals surface area contributed by atoms with Crippen LogP contribution in [-0.4, -0.2) is 12.2 Å². The minimum atomic E-state index is -0.524. The lowest BCUT2D eigenvalue weighted by molar-refractivity contribution is 0.355. The van der Waals surface area contributed by atoms with Crippen LogP contribution in [0.1, 0.15) is 36.8 Å². The fraction of sp³-hybridized carbons (Fsp3) is 0.462. The molecule has 0 atom stereocenters. The Kier molecular flexibility index (Phi) is 2.95. The Morgan fingerprint density at radius 2 is 2.06 bits per heavy atom. The average molecular weight is 232 g/mol. The fourth-order valence-electron chi connectivity index (χ4n) is 2.48. The molecule has 0 saturated heterocycles. The highest BCUT2D eigenvalue weighted by Crippen LogP contribution is 2.44. The summed E-state index contributed by atoms with van der Waals surface area (Å²) < 4.78 is 5.08. The molecule has 2 rings (SSSR count). The van der Waals surface area contributed by atoms with Gasteiger partial charge in [-0.3, -0.25) is 0 Å². The summed E-state index contributed by atoms with van der Waals surface area (Å²) in [6.45, 7) is 0. The van der Waals surface area contributed by atoms with E-state index < -0.39 is 5.54 Å². The van der Waals surface area contributed by atoms with Crippen molar-refractivity contribution in [2.45, 2.75) is 31.2 Å². The van der Waals surface area contributed by atoms with Gasteiger partial charge < -0.3 is 15.6 Å². The SMILES string of the molecule is COc1cc(C#N)cc(C2(N)CCCC2)c1O. The highest BCUT2D eigenvalue weighted by Gasteiger charge is 2.34. The molecule has 1 saturated carbocycles. The van der Waals surface area contributed by atoms with Gasteiger partial charge in [0.05, 0.1) is 18.7 Å². The van der Waals surface area contributed by atoms with Crippen molar-refractivity contribution in [3.63, 3.8) is 0 Å². The lowest BCUT2D eigenvalue weighted by Crippen LogP contribution is -2.33. The van der Waals surface area contributed by atoms with Gasteiger partial charge in [-0.15, -0.1) is 0 Å². The van der Waals surface area contributed by atoms with Crippen molar-refractivity contribution < 1.29 is 9.84 Å². The molecule has 0 amide bonds. The predicted molar refractivity (Wildman–Crippen MR) is 63.7 cm³/mol. The van der Waals surface area contributed by atoms with Crippen LogP contribution in [0.15, 0.2) is 12.1 Å². The van der Waals surface area contributed by atoms with Crippen LogP contribution in [0.5, 0.6) is 11.5 Å². The lowest BCUT2D eigenvalue weighted by atomic mass is 9.87. The van der Waals surface area contributed by atoms with E-state index in [1.165, 1.54) is 13.2 Å². The minimum Gasteiger partial charge on any atom is -0.504 e. The van der Waals surface area contributed by atoms with Crippen molar-refractivity contribution in [3.05, 3.63) is 23.3 Å². The maximum atomic E-state index is 10.1. The Labute approximate surface area is 101 Å². The van der Waals surface area contributed by atoms with Gasteiger partial charge in [-0.1, -0.05) is 12.8 Å². The van der Waals surface area contributed by atoms with Gasteiger partial charge in [-0.05, 0) is 18.9 Å². The molecular formula is C13H16N2O2. The zero-order valence-corrected chi connectivity index (χ0v) is 9.86. The molecule has 90 valence electrons. The Balaban J connectivity index is 2.56. The second-order valence-corrected chi connectivity index (χ2v) is 4.55. The molecule has 4 nitrogen and oxygen atoms in total. The molecule has 1 aliphatic carbocycles. The quantitative estimate of drug-likeness (QED) is 0.817. The topological polar surface area (TPSA) is 79.3 Å². The Bertz CT molecular complexity index is 471.